The van der Waals surface area contributed by atoms with Gasteiger partial charge in [-0.25, -0.2) is 0 Å². The second-order valence-corrected chi connectivity index (χ2v) is 5.87. The van der Waals surface area contributed by atoms with Crippen molar-refractivity contribution < 1.29 is 9.90 Å². The summed E-state index contributed by atoms with van der Waals surface area (Å²) in [7, 11) is 3.74. The maximum atomic E-state index is 12.0. The number of nitrogens with one attached hydrogen (secondary N) is 1. The number of aryl methyl sites for hydroxylation is 1. The minimum Gasteiger partial charge on any atom is -0.387 e. The third-order valence-electron chi connectivity index (χ3n) is 2.59. The molecule has 106 valence electrons. The third-order valence-corrected chi connectivity index (χ3v) is 2.81. The Morgan fingerprint density at radius 1 is 1.42 bits per heavy atom. The molecule has 0 spiro atoms. The number of amides is 1. The van der Waals surface area contributed by atoms with Crippen molar-refractivity contribution in [3.05, 3.63) is 34.3 Å². The average Bonchev–Trinajstić information content (AvgIpc) is 2.22. The van der Waals surface area contributed by atoms with E-state index >= 15 is 0 Å². The predicted octanol–water partition coefficient (Wildman–Crippen LogP) is 1.69. The highest BCUT2D eigenvalue weighted by molar-refractivity contribution is 6.31. The summed E-state index contributed by atoms with van der Waals surface area (Å²) < 4.78 is 0. The van der Waals surface area contributed by atoms with Gasteiger partial charge < -0.3 is 15.3 Å². The fraction of sp³-hybridized carbons (Fsp3) is 0.500. The molecule has 1 atom stereocenters. The number of nitrogens with zero attached hydrogens (tertiary/aromatic N) is 1. The largest absolute Gasteiger partial charge is 0.387 e. The summed E-state index contributed by atoms with van der Waals surface area (Å²) in [5.41, 5.74) is 0.468. The van der Waals surface area contributed by atoms with E-state index < -0.39 is 5.60 Å². The SMILES string of the molecule is Cc1cc(Cl)cc(C(=O)NCC(C)(O)CN(C)C)c1. The molecular weight excluding hydrogens is 264 g/mol. The smallest absolute Gasteiger partial charge is 0.251 e. The highest BCUT2D eigenvalue weighted by Gasteiger charge is 2.22. The maximum absolute atomic E-state index is 12.0. The number of hydrogen-bond donors (Lipinski definition) is 2. The van der Waals surface area contributed by atoms with E-state index in [0.717, 1.165) is 5.56 Å². The number of rotatable bonds is 5. The Morgan fingerprint density at radius 2 is 2.05 bits per heavy atom. The van der Waals surface area contributed by atoms with E-state index in [0.29, 0.717) is 17.1 Å². The molecule has 0 radical (unpaired) electrons. The fourth-order valence-corrected chi connectivity index (χ4v) is 2.27. The molecule has 0 heterocycles. The number of carbonyl (C=O) groups is 1. The first-order valence-corrected chi connectivity index (χ1v) is 6.50. The lowest BCUT2D eigenvalue weighted by Crippen LogP contribution is -2.47. The summed E-state index contributed by atoms with van der Waals surface area (Å²) in [4.78, 5) is 13.9. The first kappa shape index (κ1) is 16.0. The van der Waals surface area contributed by atoms with Gasteiger partial charge >= 0.3 is 0 Å². The summed E-state index contributed by atoms with van der Waals surface area (Å²) in [6.45, 7) is 4.23. The van der Waals surface area contributed by atoms with E-state index in [1.54, 1.807) is 25.1 Å². The van der Waals surface area contributed by atoms with E-state index in [1.807, 2.05) is 25.9 Å². The van der Waals surface area contributed by atoms with Crippen LogP contribution in [0.4, 0.5) is 0 Å². The zero-order valence-electron chi connectivity index (χ0n) is 11.8. The molecule has 0 aliphatic rings. The van der Waals surface area contributed by atoms with Gasteiger partial charge in [-0.1, -0.05) is 11.6 Å². The van der Waals surface area contributed by atoms with Gasteiger partial charge in [-0.2, -0.15) is 0 Å². The van der Waals surface area contributed by atoms with Gasteiger partial charge in [-0.05, 0) is 51.7 Å². The molecule has 1 rings (SSSR count). The van der Waals surface area contributed by atoms with E-state index in [-0.39, 0.29) is 12.5 Å². The van der Waals surface area contributed by atoms with Crippen molar-refractivity contribution >= 4 is 17.5 Å². The molecule has 1 aromatic carbocycles. The van der Waals surface area contributed by atoms with Gasteiger partial charge in [0, 0.05) is 23.7 Å². The monoisotopic (exact) mass is 284 g/mol. The van der Waals surface area contributed by atoms with Crippen LogP contribution in [0.5, 0.6) is 0 Å². The Balaban J connectivity index is 2.65. The van der Waals surface area contributed by atoms with Crippen LogP contribution in [0.1, 0.15) is 22.8 Å². The number of likely N-dealkylation sites (N-methyl/N-ethyl adjacent to an activating group) is 1. The topological polar surface area (TPSA) is 52.6 Å². The first-order chi connectivity index (χ1) is 8.69. The highest BCUT2D eigenvalue weighted by atomic mass is 35.5. The van der Waals surface area contributed by atoms with Gasteiger partial charge in [0.05, 0.1) is 5.60 Å². The Hall–Kier alpha value is -1.10. The second-order valence-electron chi connectivity index (χ2n) is 5.43. The van der Waals surface area contributed by atoms with Crippen molar-refractivity contribution in [2.24, 2.45) is 0 Å². The highest BCUT2D eigenvalue weighted by Crippen LogP contribution is 2.14. The molecule has 1 unspecified atom stereocenters. The van der Waals surface area contributed by atoms with Crippen LogP contribution < -0.4 is 5.32 Å². The molecule has 0 aromatic heterocycles. The molecule has 4 nitrogen and oxygen atoms in total. The molecule has 0 bridgehead atoms. The Kier molecular flexibility index (Phi) is 5.35. The third kappa shape index (κ3) is 5.59. The van der Waals surface area contributed by atoms with Gasteiger partial charge in [0.25, 0.3) is 5.91 Å². The van der Waals surface area contributed by atoms with Crippen LogP contribution in [0.25, 0.3) is 0 Å². The minimum absolute atomic E-state index is 0.190. The number of aliphatic hydroxyl groups is 1. The van der Waals surface area contributed by atoms with Crippen LogP contribution in [0.15, 0.2) is 18.2 Å². The summed E-state index contributed by atoms with van der Waals surface area (Å²) in [5, 5.41) is 13.4. The molecule has 19 heavy (non-hydrogen) atoms. The quantitative estimate of drug-likeness (QED) is 0.865. The van der Waals surface area contributed by atoms with E-state index in [9.17, 15) is 9.90 Å². The van der Waals surface area contributed by atoms with Crippen LogP contribution in [0.2, 0.25) is 5.02 Å². The molecule has 0 aliphatic carbocycles. The van der Waals surface area contributed by atoms with Gasteiger partial charge in [0.1, 0.15) is 0 Å². The Morgan fingerprint density at radius 3 is 2.58 bits per heavy atom. The van der Waals surface area contributed by atoms with Crippen molar-refractivity contribution in [1.29, 1.82) is 0 Å². The first-order valence-electron chi connectivity index (χ1n) is 6.12. The summed E-state index contributed by atoms with van der Waals surface area (Å²) in [5.74, 6) is -0.232. The van der Waals surface area contributed by atoms with Gasteiger partial charge in [-0.3, -0.25) is 4.79 Å². The fourth-order valence-electron chi connectivity index (χ4n) is 1.98. The maximum Gasteiger partial charge on any atom is 0.251 e. The van der Waals surface area contributed by atoms with Crippen molar-refractivity contribution in [2.45, 2.75) is 19.4 Å². The predicted molar refractivity (Wildman–Crippen MR) is 77.7 cm³/mol. The van der Waals surface area contributed by atoms with E-state index in [2.05, 4.69) is 5.32 Å². The lowest BCUT2D eigenvalue weighted by Gasteiger charge is -2.27. The Bertz CT molecular complexity index is 439. The molecule has 5 heteroatoms. The number of carbonyl (C=O) groups excluding carboxylic acids is 1. The zero-order valence-corrected chi connectivity index (χ0v) is 12.6. The van der Waals surface area contributed by atoms with Crippen LogP contribution in [-0.4, -0.2) is 48.7 Å². The van der Waals surface area contributed by atoms with Gasteiger partial charge in [0.15, 0.2) is 0 Å². The zero-order chi connectivity index (χ0) is 14.6. The molecule has 0 aliphatic heterocycles. The number of halogens is 1. The summed E-state index contributed by atoms with van der Waals surface area (Å²) >= 11 is 5.92. The minimum atomic E-state index is -0.965. The molecule has 0 fully saturated rings. The lowest BCUT2D eigenvalue weighted by molar-refractivity contribution is 0.0326. The standard InChI is InChI=1S/C14H21ClN2O2/c1-10-5-11(7-12(15)6-10)13(18)16-8-14(2,19)9-17(3)4/h5-7,19H,8-9H2,1-4H3,(H,16,18). The van der Waals surface area contributed by atoms with E-state index in [1.165, 1.54) is 0 Å². The molecule has 0 saturated carbocycles. The van der Waals surface area contributed by atoms with Crippen molar-refractivity contribution in [1.82, 2.24) is 10.2 Å². The van der Waals surface area contributed by atoms with Crippen LogP contribution in [0, 0.1) is 6.92 Å². The molecule has 1 aromatic rings. The van der Waals surface area contributed by atoms with Crippen molar-refractivity contribution in [3.8, 4) is 0 Å². The second kappa shape index (κ2) is 6.37. The van der Waals surface area contributed by atoms with Gasteiger partial charge in [-0.15, -0.1) is 0 Å². The number of hydrogen-bond acceptors (Lipinski definition) is 3. The normalized spacial score (nSPS) is 14.3. The van der Waals surface area contributed by atoms with Crippen molar-refractivity contribution in [2.75, 3.05) is 27.2 Å². The summed E-state index contributed by atoms with van der Waals surface area (Å²) in [6, 6.07) is 5.17. The van der Waals surface area contributed by atoms with Crippen LogP contribution >= 0.6 is 11.6 Å². The van der Waals surface area contributed by atoms with Crippen LogP contribution in [-0.2, 0) is 0 Å². The van der Waals surface area contributed by atoms with E-state index in [4.69, 9.17) is 11.6 Å². The molecular formula is C14H21ClN2O2. The summed E-state index contributed by atoms with van der Waals surface area (Å²) in [6.07, 6.45) is 0. The van der Waals surface area contributed by atoms with Crippen LogP contribution in [0.3, 0.4) is 0 Å². The molecule has 1 amide bonds. The van der Waals surface area contributed by atoms with Gasteiger partial charge in [0.2, 0.25) is 0 Å². The average molecular weight is 285 g/mol. The lowest BCUT2D eigenvalue weighted by atomic mass is 10.1. The molecule has 0 saturated heterocycles. The number of benzene rings is 1. The molecule has 2 N–H and O–H groups in total. The van der Waals surface area contributed by atoms with Crippen molar-refractivity contribution in [3.63, 3.8) is 0 Å². The Labute approximate surface area is 119 Å².